The van der Waals surface area contributed by atoms with Gasteiger partial charge in [-0.2, -0.15) is 0 Å². The molecule has 0 unspecified atom stereocenters. The lowest BCUT2D eigenvalue weighted by molar-refractivity contribution is -0.109. The fourth-order valence-electron chi connectivity index (χ4n) is 1.67. The molecule has 21 heavy (non-hydrogen) atoms. The fraction of sp³-hybridized carbons (Fsp3) is 0.588. The van der Waals surface area contributed by atoms with Crippen molar-refractivity contribution < 1.29 is 9.22 Å². The first-order chi connectivity index (χ1) is 9.53. The van der Waals surface area contributed by atoms with Crippen molar-refractivity contribution in [3.8, 4) is 0 Å². The molecule has 0 aliphatic rings. The number of carbonyl (C=O) groups is 1. The van der Waals surface area contributed by atoms with Crippen LogP contribution in [-0.2, 0) is 21.6 Å². The quantitative estimate of drug-likeness (QED) is 0.688. The van der Waals surface area contributed by atoms with Crippen molar-refractivity contribution >= 4 is 25.2 Å². The largest absolute Gasteiger partial charge is 0.413 e. The normalized spacial score (nSPS) is 12.5. The fourth-order valence-corrected chi connectivity index (χ4v) is 3.17. The summed E-state index contributed by atoms with van der Waals surface area (Å²) < 4.78 is 6.28. The number of thioether (sulfide) groups is 1. The van der Waals surface area contributed by atoms with Crippen LogP contribution in [0.5, 0.6) is 0 Å². The van der Waals surface area contributed by atoms with E-state index in [4.69, 9.17) is 4.43 Å². The van der Waals surface area contributed by atoms with Crippen molar-refractivity contribution in [2.75, 3.05) is 0 Å². The van der Waals surface area contributed by atoms with Crippen molar-refractivity contribution in [1.82, 2.24) is 0 Å². The Morgan fingerprint density at radius 2 is 1.90 bits per heavy atom. The summed E-state index contributed by atoms with van der Waals surface area (Å²) in [5, 5.41) is 0.400. The molecule has 0 bridgehead atoms. The summed E-state index contributed by atoms with van der Waals surface area (Å²) in [7, 11) is -1.70. The standard InChI is InChI=1S/C17H28O2SSi/c1-13-10-15(12-20-14(2)18)8-9-16(13)11-19-21(6,7)17(3,4)5/h8-10H,11-12H2,1-7H3. The van der Waals surface area contributed by atoms with Gasteiger partial charge in [0, 0.05) is 12.7 Å². The third kappa shape index (κ3) is 5.61. The highest BCUT2D eigenvalue weighted by Crippen LogP contribution is 2.37. The second kappa shape index (κ2) is 7.12. The first kappa shape index (κ1) is 18.5. The lowest BCUT2D eigenvalue weighted by Gasteiger charge is -2.36. The molecule has 1 aromatic carbocycles. The summed E-state index contributed by atoms with van der Waals surface area (Å²) in [6.07, 6.45) is 0. The van der Waals surface area contributed by atoms with Crippen LogP contribution in [0.15, 0.2) is 18.2 Å². The van der Waals surface area contributed by atoms with Gasteiger partial charge in [-0.15, -0.1) is 0 Å². The highest BCUT2D eigenvalue weighted by molar-refractivity contribution is 8.12. The molecular weight excluding hydrogens is 296 g/mol. The molecule has 0 radical (unpaired) electrons. The zero-order valence-corrected chi connectivity index (χ0v) is 16.2. The van der Waals surface area contributed by atoms with E-state index in [2.05, 4.69) is 59.0 Å². The van der Waals surface area contributed by atoms with Gasteiger partial charge in [-0.1, -0.05) is 50.7 Å². The summed E-state index contributed by atoms with van der Waals surface area (Å²) >= 11 is 1.36. The summed E-state index contributed by atoms with van der Waals surface area (Å²) in [4.78, 5) is 11.0. The molecule has 0 spiro atoms. The van der Waals surface area contributed by atoms with Crippen LogP contribution < -0.4 is 0 Å². The van der Waals surface area contributed by atoms with E-state index in [1.54, 1.807) is 6.92 Å². The van der Waals surface area contributed by atoms with Gasteiger partial charge in [-0.25, -0.2) is 0 Å². The van der Waals surface area contributed by atoms with Crippen LogP contribution in [0.25, 0.3) is 0 Å². The van der Waals surface area contributed by atoms with E-state index in [1.165, 1.54) is 28.5 Å². The Hall–Kier alpha value is -0.583. The molecule has 0 aromatic heterocycles. The Bertz CT molecular complexity index is 504. The van der Waals surface area contributed by atoms with Gasteiger partial charge >= 0.3 is 0 Å². The highest BCUT2D eigenvalue weighted by atomic mass is 32.2. The average molecular weight is 325 g/mol. The van der Waals surface area contributed by atoms with Crippen molar-refractivity contribution in [1.29, 1.82) is 0 Å². The third-order valence-corrected chi connectivity index (χ3v) is 9.61. The average Bonchev–Trinajstić information content (AvgIpc) is 2.33. The van der Waals surface area contributed by atoms with Crippen LogP contribution in [0, 0.1) is 6.92 Å². The van der Waals surface area contributed by atoms with Crippen molar-refractivity contribution in [3.63, 3.8) is 0 Å². The van der Waals surface area contributed by atoms with Crippen molar-refractivity contribution in [2.24, 2.45) is 0 Å². The molecule has 1 aromatic rings. The molecule has 0 amide bonds. The summed E-state index contributed by atoms with van der Waals surface area (Å²) in [5.74, 6) is 0.750. The number of carbonyl (C=O) groups excluding carboxylic acids is 1. The molecule has 0 aliphatic heterocycles. The van der Waals surface area contributed by atoms with Crippen molar-refractivity contribution in [3.05, 3.63) is 34.9 Å². The van der Waals surface area contributed by atoms with E-state index >= 15 is 0 Å². The highest BCUT2D eigenvalue weighted by Gasteiger charge is 2.37. The Morgan fingerprint density at radius 1 is 1.29 bits per heavy atom. The van der Waals surface area contributed by atoms with E-state index in [1.807, 2.05) is 0 Å². The van der Waals surface area contributed by atoms with Crippen LogP contribution in [-0.4, -0.2) is 13.4 Å². The molecule has 0 aliphatic carbocycles. The first-order valence-electron chi connectivity index (χ1n) is 7.38. The van der Waals surface area contributed by atoms with Crippen LogP contribution in [0.4, 0.5) is 0 Å². The van der Waals surface area contributed by atoms with Gasteiger partial charge in [0.1, 0.15) is 0 Å². The first-order valence-corrected chi connectivity index (χ1v) is 11.3. The number of hydrogen-bond acceptors (Lipinski definition) is 3. The number of aryl methyl sites for hydroxylation is 1. The van der Waals surface area contributed by atoms with E-state index in [-0.39, 0.29) is 10.2 Å². The summed E-state index contributed by atoms with van der Waals surface area (Å²) in [6, 6.07) is 6.41. The molecule has 0 fully saturated rings. The minimum absolute atomic E-state index is 0.165. The smallest absolute Gasteiger partial charge is 0.192 e. The van der Waals surface area contributed by atoms with Crippen LogP contribution >= 0.6 is 11.8 Å². The molecule has 0 saturated heterocycles. The maximum atomic E-state index is 11.0. The predicted octanol–water partition coefficient (Wildman–Crippen LogP) is 5.30. The van der Waals surface area contributed by atoms with Gasteiger partial charge in [0.15, 0.2) is 13.4 Å². The van der Waals surface area contributed by atoms with Gasteiger partial charge in [-0.05, 0) is 41.7 Å². The minimum atomic E-state index is -1.70. The lowest BCUT2D eigenvalue weighted by atomic mass is 10.1. The summed E-state index contributed by atoms with van der Waals surface area (Å²) in [6.45, 7) is 15.7. The zero-order valence-electron chi connectivity index (χ0n) is 14.4. The number of hydrogen-bond donors (Lipinski definition) is 0. The monoisotopic (exact) mass is 324 g/mol. The Balaban J connectivity index is 2.71. The topological polar surface area (TPSA) is 26.3 Å². The van der Waals surface area contributed by atoms with Gasteiger partial charge in [0.2, 0.25) is 0 Å². The van der Waals surface area contributed by atoms with Crippen LogP contribution in [0.3, 0.4) is 0 Å². The van der Waals surface area contributed by atoms with E-state index in [9.17, 15) is 4.79 Å². The van der Waals surface area contributed by atoms with E-state index < -0.39 is 8.32 Å². The molecule has 1 rings (SSSR count). The third-order valence-electron chi connectivity index (χ3n) is 4.24. The molecule has 0 heterocycles. The Kier molecular flexibility index (Phi) is 6.26. The van der Waals surface area contributed by atoms with Crippen LogP contribution in [0.1, 0.15) is 44.4 Å². The lowest BCUT2D eigenvalue weighted by Crippen LogP contribution is -2.40. The van der Waals surface area contributed by atoms with Crippen LogP contribution in [0.2, 0.25) is 18.1 Å². The SMILES string of the molecule is CC(=O)SCc1ccc(CO[Si](C)(C)C(C)(C)C)c(C)c1. The summed E-state index contributed by atoms with van der Waals surface area (Å²) in [5.41, 5.74) is 3.69. The molecule has 4 heteroatoms. The zero-order chi connectivity index (χ0) is 16.3. The predicted molar refractivity (Wildman–Crippen MR) is 95.1 cm³/mol. The minimum Gasteiger partial charge on any atom is -0.413 e. The second-order valence-corrected chi connectivity index (χ2v) is 13.1. The molecule has 0 N–H and O–H groups in total. The second-order valence-electron chi connectivity index (χ2n) is 7.09. The maximum absolute atomic E-state index is 11.0. The van der Waals surface area contributed by atoms with Gasteiger partial charge in [0.05, 0.1) is 6.61 Å². The molecule has 2 nitrogen and oxygen atoms in total. The van der Waals surface area contributed by atoms with Gasteiger partial charge in [-0.3, -0.25) is 4.79 Å². The van der Waals surface area contributed by atoms with E-state index in [0.717, 1.165) is 5.75 Å². The Morgan fingerprint density at radius 3 is 2.38 bits per heavy atom. The molecule has 0 atom stereocenters. The number of rotatable bonds is 5. The molecule has 0 saturated carbocycles. The van der Waals surface area contributed by atoms with Gasteiger partial charge in [0.25, 0.3) is 0 Å². The molecule has 118 valence electrons. The maximum Gasteiger partial charge on any atom is 0.192 e. The number of benzene rings is 1. The van der Waals surface area contributed by atoms with E-state index in [0.29, 0.717) is 6.61 Å². The van der Waals surface area contributed by atoms with Crippen molar-refractivity contribution in [2.45, 2.75) is 65.1 Å². The Labute approximate surface area is 134 Å². The molecular formula is C17H28O2SSi. The van der Waals surface area contributed by atoms with Gasteiger partial charge < -0.3 is 4.43 Å².